The molecule has 0 heterocycles. The van der Waals surface area contributed by atoms with Crippen LogP contribution >= 0.6 is 0 Å². The molecule has 0 saturated carbocycles. The van der Waals surface area contributed by atoms with Crippen LogP contribution in [0.25, 0.3) is 0 Å². The van der Waals surface area contributed by atoms with Crippen LogP contribution in [0.4, 0.5) is 5.69 Å². The van der Waals surface area contributed by atoms with Crippen molar-refractivity contribution in [1.82, 2.24) is 0 Å². The van der Waals surface area contributed by atoms with Gasteiger partial charge < -0.3 is 10.5 Å². The zero-order chi connectivity index (χ0) is 14.5. The maximum absolute atomic E-state index is 5.92. The van der Waals surface area contributed by atoms with Crippen LogP contribution < -0.4 is 10.5 Å². The molecule has 0 radical (unpaired) electrons. The standard InChI is InChI=1S/C18H23NO/c1-13-10-14(2)15(3)18(11-13)20-9-5-7-16-6-4-8-17(19)12-16/h4,6,8,10-12H,5,7,9,19H2,1-3H3. The van der Waals surface area contributed by atoms with Crippen LogP contribution in [0.3, 0.4) is 0 Å². The van der Waals surface area contributed by atoms with Crippen LogP contribution in [0.5, 0.6) is 5.75 Å². The van der Waals surface area contributed by atoms with Crippen LogP contribution in [0.2, 0.25) is 0 Å². The smallest absolute Gasteiger partial charge is 0.122 e. The number of aryl methyl sites for hydroxylation is 3. The summed E-state index contributed by atoms with van der Waals surface area (Å²) >= 11 is 0. The van der Waals surface area contributed by atoms with E-state index in [2.05, 4.69) is 39.0 Å². The van der Waals surface area contributed by atoms with Crippen LogP contribution in [0.1, 0.15) is 28.7 Å². The lowest BCUT2D eigenvalue weighted by Gasteiger charge is -2.12. The quantitative estimate of drug-likeness (QED) is 0.652. The Labute approximate surface area is 121 Å². The predicted octanol–water partition coefficient (Wildman–Crippen LogP) is 4.21. The van der Waals surface area contributed by atoms with E-state index in [0.29, 0.717) is 0 Å². The van der Waals surface area contributed by atoms with Crippen molar-refractivity contribution in [3.05, 3.63) is 58.7 Å². The van der Waals surface area contributed by atoms with E-state index in [4.69, 9.17) is 10.5 Å². The number of hydrogen-bond acceptors (Lipinski definition) is 2. The van der Waals surface area contributed by atoms with Crippen LogP contribution in [0.15, 0.2) is 36.4 Å². The van der Waals surface area contributed by atoms with E-state index in [1.54, 1.807) is 0 Å². The molecule has 106 valence electrons. The molecule has 0 aliphatic carbocycles. The van der Waals surface area contributed by atoms with Gasteiger partial charge in [-0.1, -0.05) is 18.2 Å². The van der Waals surface area contributed by atoms with Gasteiger partial charge >= 0.3 is 0 Å². The molecule has 2 aromatic rings. The fraction of sp³-hybridized carbons (Fsp3) is 0.333. The van der Waals surface area contributed by atoms with Gasteiger partial charge in [-0.3, -0.25) is 0 Å². The summed E-state index contributed by atoms with van der Waals surface area (Å²) < 4.78 is 5.92. The topological polar surface area (TPSA) is 35.2 Å². The van der Waals surface area contributed by atoms with Gasteiger partial charge in [0.2, 0.25) is 0 Å². The summed E-state index contributed by atoms with van der Waals surface area (Å²) in [7, 11) is 0. The summed E-state index contributed by atoms with van der Waals surface area (Å²) in [5.41, 5.74) is 11.6. The van der Waals surface area contributed by atoms with Gasteiger partial charge in [0.1, 0.15) is 5.75 Å². The normalized spacial score (nSPS) is 10.6. The number of rotatable bonds is 5. The number of nitrogens with two attached hydrogens (primary N) is 1. The first-order chi connectivity index (χ1) is 9.56. The van der Waals surface area contributed by atoms with Crippen molar-refractivity contribution in [3.63, 3.8) is 0 Å². The Hall–Kier alpha value is -1.96. The molecule has 2 aromatic carbocycles. The number of anilines is 1. The summed E-state index contributed by atoms with van der Waals surface area (Å²) in [5, 5.41) is 0. The van der Waals surface area contributed by atoms with Crippen molar-refractivity contribution in [2.45, 2.75) is 33.6 Å². The van der Waals surface area contributed by atoms with Crippen molar-refractivity contribution in [2.24, 2.45) is 0 Å². The Bertz CT molecular complexity index is 590. The fourth-order valence-electron chi connectivity index (χ4n) is 2.36. The second-order valence-corrected chi connectivity index (χ2v) is 5.40. The molecule has 0 atom stereocenters. The minimum absolute atomic E-state index is 0.735. The molecule has 2 rings (SSSR count). The first-order valence-electron chi connectivity index (χ1n) is 7.11. The van der Waals surface area contributed by atoms with Crippen LogP contribution in [-0.4, -0.2) is 6.61 Å². The molecule has 0 saturated heterocycles. The Morgan fingerprint density at radius 2 is 1.85 bits per heavy atom. The summed E-state index contributed by atoms with van der Waals surface area (Å²) in [6, 6.07) is 12.4. The van der Waals surface area contributed by atoms with Gasteiger partial charge in [-0.2, -0.15) is 0 Å². The zero-order valence-electron chi connectivity index (χ0n) is 12.6. The van der Waals surface area contributed by atoms with Gasteiger partial charge in [0.25, 0.3) is 0 Å². The molecular formula is C18H23NO. The summed E-state index contributed by atoms with van der Waals surface area (Å²) in [5.74, 6) is 1.01. The van der Waals surface area contributed by atoms with Gasteiger partial charge in [-0.15, -0.1) is 0 Å². The number of benzene rings is 2. The molecule has 2 nitrogen and oxygen atoms in total. The molecule has 0 fully saturated rings. The molecular weight excluding hydrogens is 246 g/mol. The van der Waals surface area contributed by atoms with E-state index in [1.807, 2.05) is 18.2 Å². The molecule has 0 aliphatic rings. The van der Waals surface area contributed by atoms with E-state index in [0.717, 1.165) is 30.9 Å². The minimum Gasteiger partial charge on any atom is -0.493 e. The highest BCUT2D eigenvalue weighted by Crippen LogP contribution is 2.23. The van der Waals surface area contributed by atoms with E-state index in [1.165, 1.54) is 22.3 Å². The summed E-state index contributed by atoms with van der Waals surface area (Å²) in [6.45, 7) is 7.08. The minimum atomic E-state index is 0.735. The second kappa shape index (κ2) is 6.47. The average molecular weight is 269 g/mol. The van der Waals surface area contributed by atoms with Crippen molar-refractivity contribution in [3.8, 4) is 5.75 Å². The molecule has 0 amide bonds. The van der Waals surface area contributed by atoms with Crippen LogP contribution in [-0.2, 0) is 6.42 Å². The van der Waals surface area contributed by atoms with Gasteiger partial charge in [-0.05, 0) is 74.1 Å². The molecule has 0 aromatic heterocycles. The Balaban J connectivity index is 1.87. The highest BCUT2D eigenvalue weighted by Gasteiger charge is 2.04. The van der Waals surface area contributed by atoms with E-state index < -0.39 is 0 Å². The first kappa shape index (κ1) is 14.4. The zero-order valence-corrected chi connectivity index (χ0v) is 12.6. The third kappa shape index (κ3) is 3.77. The monoisotopic (exact) mass is 269 g/mol. The van der Waals surface area contributed by atoms with E-state index in [9.17, 15) is 0 Å². The van der Waals surface area contributed by atoms with Gasteiger partial charge in [0.05, 0.1) is 6.61 Å². The SMILES string of the molecule is Cc1cc(C)c(C)c(OCCCc2cccc(N)c2)c1. The van der Waals surface area contributed by atoms with Gasteiger partial charge in [-0.25, -0.2) is 0 Å². The van der Waals surface area contributed by atoms with E-state index >= 15 is 0 Å². The predicted molar refractivity (Wildman–Crippen MR) is 85.3 cm³/mol. The largest absolute Gasteiger partial charge is 0.493 e. The molecule has 2 heteroatoms. The van der Waals surface area contributed by atoms with Crippen molar-refractivity contribution >= 4 is 5.69 Å². The molecule has 0 bridgehead atoms. The average Bonchev–Trinajstić information content (AvgIpc) is 2.40. The van der Waals surface area contributed by atoms with Crippen molar-refractivity contribution in [2.75, 3.05) is 12.3 Å². The lowest BCUT2D eigenvalue weighted by atomic mass is 10.1. The highest BCUT2D eigenvalue weighted by atomic mass is 16.5. The third-order valence-corrected chi connectivity index (χ3v) is 3.58. The van der Waals surface area contributed by atoms with E-state index in [-0.39, 0.29) is 0 Å². The number of nitrogen functional groups attached to an aromatic ring is 1. The Morgan fingerprint density at radius 1 is 1.05 bits per heavy atom. The fourth-order valence-corrected chi connectivity index (χ4v) is 2.36. The lowest BCUT2D eigenvalue weighted by Crippen LogP contribution is -2.02. The maximum atomic E-state index is 5.92. The Morgan fingerprint density at radius 3 is 2.60 bits per heavy atom. The number of hydrogen-bond donors (Lipinski definition) is 1. The van der Waals surface area contributed by atoms with Gasteiger partial charge in [0.15, 0.2) is 0 Å². The first-order valence-corrected chi connectivity index (χ1v) is 7.11. The van der Waals surface area contributed by atoms with Crippen LogP contribution in [0, 0.1) is 20.8 Å². The summed E-state index contributed by atoms with van der Waals surface area (Å²) in [6.07, 6.45) is 1.99. The lowest BCUT2D eigenvalue weighted by molar-refractivity contribution is 0.308. The highest BCUT2D eigenvalue weighted by molar-refractivity contribution is 5.42. The van der Waals surface area contributed by atoms with Crippen molar-refractivity contribution < 1.29 is 4.74 Å². The van der Waals surface area contributed by atoms with Gasteiger partial charge in [0, 0.05) is 5.69 Å². The number of ether oxygens (including phenoxy) is 1. The second-order valence-electron chi connectivity index (χ2n) is 5.40. The maximum Gasteiger partial charge on any atom is 0.122 e. The molecule has 2 N–H and O–H groups in total. The van der Waals surface area contributed by atoms with Crippen molar-refractivity contribution in [1.29, 1.82) is 0 Å². The third-order valence-electron chi connectivity index (χ3n) is 3.58. The molecule has 20 heavy (non-hydrogen) atoms. The molecule has 0 unspecified atom stereocenters. The summed E-state index contributed by atoms with van der Waals surface area (Å²) in [4.78, 5) is 0. The molecule has 0 spiro atoms. The Kier molecular flexibility index (Phi) is 4.67. The molecule has 0 aliphatic heterocycles.